The quantitative estimate of drug-likeness (QED) is 0.547. The van der Waals surface area contributed by atoms with Crippen molar-refractivity contribution in [3.8, 4) is 11.5 Å². The number of aliphatic hydroxyl groups is 2. The van der Waals surface area contributed by atoms with Gasteiger partial charge in [0.15, 0.2) is 11.5 Å². The Bertz CT molecular complexity index is 522. The normalized spacial score (nSPS) is 12.1. The smallest absolute Gasteiger partial charge is 0.337 e. The highest BCUT2D eigenvalue weighted by molar-refractivity contribution is 5.90. The van der Waals surface area contributed by atoms with Crippen molar-refractivity contribution in [2.75, 3.05) is 47.1 Å². The summed E-state index contributed by atoms with van der Waals surface area (Å²) in [5.74, 6) is 0.380. The molecule has 0 saturated carbocycles. The zero-order chi connectivity index (χ0) is 18.7. The summed E-state index contributed by atoms with van der Waals surface area (Å²) >= 11 is 0. The first-order valence-electron chi connectivity index (χ1n) is 8.46. The van der Waals surface area contributed by atoms with E-state index in [0.717, 1.165) is 19.4 Å². The van der Waals surface area contributed by atoms with Gasteiger partial charge in [0, 0.05) is 13.1 Å². The Morgan fingerprint density at radius 3 is 2.60 bits per heavy atom. The van der Waals surface area contributed by atoms with Gasteiger partial charge >= 0.3 is 5.97 Å². The summed E-state index contributed by atoms with van der Waals surface area (Å²) < 4.78 is 15.5. The molecule has 7 nitrogen and oxygen atoms in total. The minimum Gasteiger partial charge on any atom is -0.493 e. The zero-order valence-electron chi connectivity index (χ0n) is 15.2. The second-order valence-electron chi connectivity index (χ2n) is 5.70. The third kappa shape index (κ3) is 7.29. The van der Waals surface area contributed by atoms with Gasteiger partial charge in [-0.25, -0.2) is 4.79 Å². The lowest BCUT2D eigenvalue weighted by molar-refractivity contribution is 0.0589. The van der Waals surface area contributed by atoms with E-state index < -0.39 is 12.1 Å². The van der Waals surface area contributed by atoms with Gasteiger partial charge in [-0.1, -0.05) is 13.3 Å². The first kappa shape index (κ1) is 21.2. The number of unbranched alkanes of at least 4 members (excludes halogenated alkanes) is 1. The molecule has 0 amide bonds. The molecule has 0 spiro atoms. The number of aliphatic hydroxyl groups excluding tert-OH is 2. The molecular formula is C18H29NO6. The lowest BCUT2D eigenvalue weighted by Gasteiger charge is -2.24. The first-order chi connectivity index (χ1) is 12.0. The average Bonchev–Trinajstić information content (AvgIpc) is 2.63. The van der Waals surface area contributed by atoms with Crippen molar-refractivity contribution >= 4 is 5.97 Å². The molecule has 1 atom stereocenters. The Hall–Kier alpha value is -1.83. The lowest BCUT2D eigenvalue weighted by atomic mass is 10.2. The van der Waals surface area contributed by atoms with Crippen LogP contribution in [-0.4, -0.2) is 74.3 Å². The fourth-order valence-electron chi connectivity index (χ4n) is 2.39. The summed E-state index contributed by atoms with van der Waals surface area (Å²) in [4.78, 5) is 13.6. The van der Waals surface area contributed by atoms with Crippen LogP contribution in [-0.2, 0) is 4.74 Å². The third-order valence-corrected chi connectivity index (χ3v) is 3.73. The Kier molecular flexibility index (Phi) is 9.91. The van der Waals surface area contributed by atoms with E-state index in [0.29, 0.717) is 30.2 Å². The number of hydrogen-bond donors (Lipinski definition) is 2. The SMILES string of the molecule is CCCCN(CCO)CC(O)COc1ccc(C(=O)OC)cc1OC. The monoisotopic (exact) mass is 355 g/mol. The van der Waals surface area contributed by atoms with Crippen LogP contribution < -0.4 is 9.47 Å². The summed E-state index contributed by atoms with van der Waals surface area (Å²) in [5, 5.41) is 19.3. The number of esters is 1. The van der Waals surface area contributed by atoms with E-state index in [9.17, 15) is 9.90 Å². The van der Waals surface area contributed by atoms with E-state index in [1.54, 1.807) is 12.1 Å². The van der Waals surface area contributed by atoms with Crippen molar-refractivity contribution in [1.29, 1.82) is 0 Å². The molecule has 1 unspecified atom stereocenters. The number of ether oxygens (including phenoxy) is 3. The van der Waals surface area contributed by atoms with Gasteiger partial charge in [0.1, 0.15) is 12.7 Å². The largest absolute Gasteiger partial charge is 0.493 e. The zero-order valence-corrected chi connectivity index (χ0v) is 15.2. The van der Waals surface area contributed by atoms with E-state index in [1.807, 2.05) is 4.90 Å². The van der Waals surface area contributed by atoms with Gasteiger partial charge < -0.3 is 24.4 Å². The molecule has 142 valence electrons. The van der Waals surface area contributed by atoms with E-state index in [4.69, 9.17) is 14.6 Å². The molecule has 0 bridgehead atoms. The molecule has 25 heavy (non-hydrogen) atoms. The predicted octanol–water partition coefficient (Wildman–Crippen LogP) is 1.32. The van der Waals surface area contributed by atoms with Crippen LogP contribution in [0.5, 0.6) is 11.5 Å². The summed E-state index contributed by atoms with van der Waals surface area (Å²) in [6, 6.07) is 4.72. The minimum atomic E-state index is -0.701. The van der Waals surface area contributed by atoms with E-state index in [2.05, 4.69) is 11.7 Å². The van der Waals surface area contributed by atoms with Crippen LogP contribution in [0.3, 0.4) is 0 Å². The highest BCUT2D eigenvalue weighted by Crippen LogP contribution is 2.28. The van der Waals surface area contributed by atoms with Crippen molar-refractivity contribution in [3.63, 3.8) is 0 Å². The van der Waals surface area contributed by atoms with Crippen molar-refractivity contribution < 1.29 is 29.2 Å². The van der Waals surface area contributed by atoms with E-state index in [1.165, 1.54) is 20.3 Å². The summed E-state index contributed by atoms with van der Waals surface area (Å²) in [5.41, 5.74) is 0.362. The van der Waals surface area contributed by atoms with Crippen LogP contribution in [0.4, 0.5) is 0 Å². The van der Waals surface area contributed by atoms with Gasteiger partial charge in [-0.3, -0.25) is 4.90 Å². The Labute approximate surface area is 149 Å². The molecule has 0 radical (unpaired) electrons. The van der Waals surface area contributed by atoms with Crippen LogP contribution in [0.1, 0.15) is 30.1 Å². The van der Waals surface area contributed by atoms with E-state index in [-0.39, 0.29) is 13.2 Å². The fraction of sp³-hybridized carbons (Fsp3) is 0.611. The predicted molar refractivity (Wildman–Crippen MR) is 94.3 cm³/mol. The number of nitrogens with zero attached hydrogens (tertiary/aromatic N) is 1. The summed E-state index contributed by atoms with van der Waals surface area (Å²) in [7, 11) is 2.79. The standard InChI is InChI=1S/C18H29NO6/c1-4-5-8-19(9-10-20)12-15(21)13-25-16-7-6-14(18(22)24-3)11-17(16)23-2/h6-7,11,15,20-21H,4-5,8-10,12-13H2,1-3H3. The highest BCUT2D eigenvalue weighted by atomic mass is 16.5. The molecule has 0 heterocycles. The van der Waals surface area contributed by atoms with Crippen LogP contribution in [0.2, 0.25) is 0 Å². The highest BCUT2D eigenvalue weighted by Gasteiger charge is 2.15. The minimum absolute atomic E-state index is 0.0557. The molecule has 7 heteroatoms. The van der Waals surface area contributed by atoms with Crippen molar-refractivity contribution in [2.45, 2.75) is 25.9 Å². The van der Waals surface area contributed by atoms with Crippen molar-refractivity contribution in [2.24, 2.45) is 0 Å². The maximum absolute atomic E-state index is 11.5. The molecule has 2 N–H and O–H groups in total. The van der Waals surface area contributed by atoms with Gasteiger partial charge in [0.25, 0.3) is 0 Å². The van der Waals surface area contributed by atoms with Crippen LogP contribution >= 0.6 is 0 Å². The molecule has 0 aromatic heterocycles. The number of methoxy groups -OCH3 is 2. The van der Waals surface area contributed by atoms with Crippen molar-refractivity contribution in [3.05, 3.63) is 23.8 Å². The Morgan fingerprint density at radius 2 is 2.00 bits per heavy atom. The third-order valence-electron chi connectivity index (χ3n) is 3.73. The number of rotatable bonds is 12. The Balaban J connectivity index is 2.62. The average molecular weight is 355 g/mol. The number of carbonyl (C=O) groups is 1. The molecular weight excluding hydrogens is 326 g/mol. The molecule has 0 aliphatic heterocycles. The van der Waals surface area contributed by atoms with Gasteiger partial charge in [0.05, 0.1) is 26.4 Å². The van der Waals surface area contributed by atoms with Gasteiger partial charge in [0.2, 0.25) is 0 Å². The second kappa shape index (κ2) is 11.7. The van der Waals surface area contributed by atoms with Gasteiger partial charge in [-0.15, -0.1) is 0 Å². The van der Waals surface area contributed by atoms with Gasteiger partial charge in [-0.05, 0) is 31.2 Å². The fourth-order valence-corrected chi connectivity index (χ4v) is 2.39. The summed E-state index contributed by atoms with van der Waals surface area (Å²) in [6.45, 7) is 4.01. The molecule has 1 aromatic carbocycles. The van der Waals surface area contributed by atoms with Crippen LogP contribution in [0.15, 0.2) is 18.2 Å². The maximum Gasteiger partial charge on any atom is 0.337 e. The molecule has 1 aromatic rings. The number of carbonyl (C=O) groups excluding carboxylic acids is 1. The molecule has 0 aliphatic rings. The molecule has 1 rings (SSSR count). The second-order valence-corrected chi connectivity index (χ2v) is 5.70. The van der Waals surface area contributed by atoms with Crippen LogP contribution in [0, 0.1) is 0 Å². The van der Waals surface area contributed by atoms with Gasteiger partial charge in [-0.2, -0.15) is 0 Å². The number of hydrogen-bond acceptors (Lipinski definition) is 7. The maximum atomic E-state index is 11.5. The molecule has 0 saturated heterocycles. The topological polar surface area (TPSA) is 88.5 Å². The molecule has 0 fully saturated rings. The first-order valence-corrected chi connectivity index (χ1v) is 8.46. The van der Waals surface area contributed by atoms with Crippen molar-refractivity contribution in [1.82, 2.24) is 4.90 Å². The number of benzene rings is 1. The lowest BCUT2D eigenvalue weighted by Crippen LogP contribution is -2.37. The molecule has 0 aliphatic carbocycles. The Morgan fingerprint density at radius 1 is 1.24 bits per heavy atom. The summed E-state index contributed by atoms with van der Waals surface area (Å²) in [6.07, 6.45) is 1.36. The van der Waals surface area contributed by atoms with E-state index >= 15 is 0 Å². The van der Waals surface area contributed by atoms with Crippen LogP contribution in [0.25, 0.3) is 0 Å².